The number of furan rings is 1. The summed E-state index contributed by atoms with van der Waals surface area (Å²) < 4.78 is 6.65. The van der Waals surface area contributed by atoms with Crippen LogP contribution in [0.1, 0.15) is 5.56 Å². The lowest BCUT2D eigenvalue weighted by Crippen LogP contribution is -2.22. The fraction of sp³-hybridized carbons (Fsp3) is 0.0526. The van der Waals surface area contributed by atoms with Gasteiger partial charge in [-0.05, 0) is 42.8 Å². The third-order valence-electron chi connectivity index (χ3n) is 4.09. The van der Waals surface area contributed by atoms with Gasteiger partial charge in [-0.25, -0.2) is 4.98 Å². The summed E-state index contributed by atoms with van der Waals surface area (Å²) in [5.74, 6) is 0.563. The first kappa shape index (κ1) is 15.8. The van der Waals surface area contributed by atoms with Gasteiger partial charge < -0.3 is 4.42 Å². The van der Waals surface area contributed by atoms with Crippen LogP contribution >= 0.6 is 0 Å². The molecule has 0 radical (unpaired) electrons. The monoisotopic (exact) mass is 347 g/mol. The lowest BCUT2D eigenvalue weighted by Gasteiger charge is -2.12. The first-order valence-corrected chi connectivity index (χ1v) is 7.87. The predicted octanol–water partition coefficient (Wildman–Crippen LogP) is 3.86. The predicted molar refractivity (Wildman–Crippen MR) is 96.4 cm³/mol. The first-order chi connectivity index (χ1) is 12.6. The van der Waals surface area contributed by atoms with Crippen molar-refractivity contribution >= 4 is 16.6 Å². The van der Waals surface area contributed by atoms with Crippen LogP contribution in [0.4, 0.5) is 5.69 Å². The summed E-state index contributed by atoms with van der Waals surface area (Å²) in [6.45, 7) is 1.76. The Morgan fingerprint density at radius 3 is 2.65 bits per heavy atom. The molecule has 0 saturated carbocycles. The molecule has 128 valence electrons. The highest BCUT2D eigenvalue weighted by Gasteiger charge is 2.22. The molecule has 2 heterocycles. The van der Waals surface area contributed by atoms with Crippen molar-refractivity contribution < 1.29 is 9.34 Å². The number of aromatic nitrogens is 2. The Morgan fingerprint density at radius 1 is 1.12 bits per heavy atom. The second kappa shape index (κ2) is 5.96. The van der Waals surface area contributed by atoms with Crippen LogP contribution in [-0.2, 0) is 0 Å². The molecule has 0 N–H and O–H groups in total. The van der Waals surface area contributed by atoms with Gasteiger partial charge in [0.15, 0.2) is 11.6 Å². The summed E-state index contributed by atoms with van der Waals surface area (Å²) in [5, 5.41) is 11.9. The second-order valence-electron chi connectivity index (χ2n) is 5.82. The Labute approximate surface area is 147 Å². The van der Waals surface area contributed by atoms with Gasteiger partial charge in [-0.1, -0.05) is 18.2 Å². The van der Waals surface area contributed by atoms with Crippen molar-refractivity contribution in [3.8, 4) is 17.3 Å². The molecule has 2 aromatic carbocycles. The van der Waals surface area contributed by atoms with E-state index in [-0.39, 0.29) is 17.2 Å². The van der Waals surface area contributed by atoms with Crippen molar-refractivity contribution in [2.24, 2.45) is 0 Å². The summed E-state index contributed by atoms with van der Waals surface area (Å²) in [6.07, 6.45) is 1.46. The number of nitrogens with zero attached hydrogens (tertiary/aromatic N) is 3. The van der Waals surface area contributed by atoms with Gasteiger partial charge in [-0.3, -0.25) is 19.5 Å². The number of hydrogen-bond acceptors (Lipinski definition) is 5. The van der Waals surface area contributed by atoms with Gasteiger partial charge in [0.05, 0.1) is 22.1 Å². The van der Waals surface area contributed by atoms with E-state index >= 15 is 0 Å². The molecule has 4 rings (SSSR count). The maximum Gasteiger partial charge on any atom is 0.293 e. The van der Waals surface area contributed by atoms with Gasteiger partial charge in [0.2, 0.25) is 0 Å². The van der Waals surface area contributed by atoms with Crippen LogP contribution in [0.15, 0.2) is 70.1 Å². The SMILES string of the molecule is Cc1ccc(-n2c(-c3ccco3)nc3ccccc3c2=O)c([N+](=O)[O-])c1. The fourth-order valence-electron chi connectivity index (χ4n) is 2.90. The average Bonchev–Trinajstić information content (AvgIpc) is 3.16. The molecule has 0 spiro atoms. The number of hydrogen-bond donors (Lipinski definition) is 0. The molecule has 0 aliphatic heterocycles. The number of para-hydroxylation sites is 1. The molecular weight excluding hydrogens is 334 g/mol. The average molecular weight is 347 g/mol. The highest BCUT2D eigenvalue weighted by molar-refractivity contribution is 5.80. The van der Waals surface area contributed by atoms with Gasteiger partial charge in [-0.15, -0.1) is 0 Å². The molecule has 0 unspecified atom stereocenters. The molecule has 0 aliphatic carbocycles. The summed E-state index contributed by atoms with van der Waals surface area (Å²) in [6, 6.07) is 14.9. The zero-order valence-corrected chi connectivity index (χ0v) is 13.7. The fourth-order valence-corrected chi connectivity index (χ4v) is 2.90. The minimum absolute atomic E-state index is 0.148. The Bertz CT molecular complexity index is 1190. The van der Waals surface area contributed by atoms with Crippen LogP contribution in [-0.4, -0.2) is 14.5 Å². The van der Waals surface area contributed by atoms with E-state index in [1.807, 2.05) is 0 Å². The van der Waals surface area contributed by atoms with E-state index in [2.05, 4.69) is 4.98 Å². The maximum absolute atomic E-state index is 13.2. The van der Waals surface area contributed by atoms with Gasteiger partial charge in [-0.2, -0.15) is 0 Å². The number of aryl methyl sites for hydroxylation is 1. The Morgan fingerprint density at radius 2 is 1.92 bits per heavy atom. The zero-order chi connectivity index (χ0) is 18.3. The third-order valence-corrected chi connectivity index (χ3v) is 4.09. The molecule has 0 bridgehead atoms. The Kier molecular flexibility index (Phi) is 3.62. The van der Waals surface area contributed by atoms with Crippen molar-refractivity contribution in [1.82, 2.24) is 9.55 Å². The van der Waals surface area contributed by atoms with Crippen molar-refractivity contribution in [2.45, 2.75) is 6.92 Å². The topological polar surface area (TPSA) is 91.2 Å². The van der Waals surface area contributed by atoms with E-state index in [4.69, 9.17) is 4.42 Å². The highest BCUT2D eigenvalue weighted by atomic mass is 16.6. The van der Waals surface area contributed by atoms with Crippen molar-refractivity contribution in [3.05, 3.63) is 86.9 Å². The van der Waals surface area contributed by atoms with Crippen LogP contribution in [0.3, 0.4) is 0 Å². The van der Waals surface area contributed by atoms with E-state index in [0.717, 1.165) is 5.56 Å². The van der Waals surface area contributed by atoms with Crippen LogP contribution in [0.2, 0.25) is 0 Å². The number of rotatable bonds is 3. The minimum Gasteiger partial charge on any atom is -0.461 e. The largest absolute Gasteiger partial charge is 0.461 e. The van der Waals surface area contributed by atoms with E-state index in [0.29, 0.717) is 16.7 Å². The number of fused-ring (bicyclic) bond motifs is 1. The summed E-state index contributed by atoms with van der Waals surface area (Å²) >= 11 is 0. The molecule has 0 saturated heterocycles. The summed E-state index contributed by atoms with van der Waals surface area (Å²) in [7, 11) is 0. The summed E-state index contributed by atoms with van der Waals surface area (Å²) in [5.41, 5.74) is 0.804. The van der Waals surface area contributed by atoms with Crippen molar-refractivity contribution in [1.29, 1.82) is 0 Å². The molecule has 7 heteroatoms. The highest BCUT2D eigenvalue weighted by Crippen LogP contribution is 2.28. The molecule has 0 fully saturated rings. The van der Waals surface area contributed by atoms with E-state index in [1.54, 1.807) is 55.5 Å². The van der Waals surface area contributed by atoms with Crippen LogP contribution in [0.5, 0.6) is 0 Å². The second-order valence-corrected chi connectivity index (χ2v) is 5.82. The normalized spacial score (nSPS) is 11.0. The summed E-state index contributed by atoms with van der Waals surface area (Å²) in [4.78, 5) is 28.7. The zero-order valence-electron chi connectivity index (χ0n) is 13.7. The van der Waals surface area contributed by atoms with Gasteiger partial charge in [0, 0.05) is 6.07 Å². The lowest BCUT2D eigenvalue weighted by molar-refractivity contribution is -0.384. The van der Waals surface area contributed by atoms with Crippen molar-refractivity contribution in [2.75, 3.05) is 0 Å². The molecule has 0 amide bonds. The number of nitro groups is 1. The lowest BCUT2D eigenvalue weighted by atomic mass is 10.1. The molecule has 26 heavy (non-hydrogen) atoms. The number of benzene rings is 2. The Hall–Kier alpha value is -3.74. The van der Waals surface area contributed by atoms with Crippen LogP contribution in [0.25, 0.3) is 28.2 Å². The van der Waals surface area contributed by atoms with Crippen LogP contribution < -0.4 is 5.56 Å². The minimum atomic E-state index is -0.504. The quantitative estimate of drug-likeness (QED) is 0.414. The van der Waals surface area contributed by atoms with Crippen LogP contribution in [0, 0.1) is 17.0 Å². The molecule has 7 nitrogen and oxygen atoms in total. The maximum atomic E-state index is 13.2. The van der Waals surface area contributed by atoms with Gasteiger partial charge in [0.1, 0.15) is 5.69 Å². The third kappa shape index (κ3) is 2.46. The molecule has 0 atom stereocenters. The Balaban J connectivity index is 2.16. The number of nitro benzene ring substituents is 1. The van der Waals surface area contributed by atoms with Gasteiger partial charge >= 0.3 is 0 Å². The first-order valence-electron chi connectivity index (χ1n) is 7.87. The van der Waals surface area contributed by atoms with E-state index in [1.165, 1.54) is 16.9 Å². The molecular formula is C19H13N3O4. The molecule has 0 aliphatic rings. The van der Waals surface area contributed by atoms with Gasteiger partial charge in [0.25, 0.3) is 11.2 Å². The van der Waals surface area contributed by atoms with Crippen molar-refractivity contribution in [3.63, 3.8) is 0 Å². The molecule has 2 aromatic heterocycles. The smallest absolute Gasteiger partial charge is 0.293 e. The van der Waals surface area contributed by atoms with E-state index < -0.39 is 10.5 Å². The molecule has 4 aromatic rings. The van der Waals surface area contributed by atoms with E-state index in [9.17, 15) is 14.9 Å². The standard InChI is InChI=1S/C19H13N3O4/c1-12-8-9-15(16(11-12)22(24)25)21-18(17-7-4-10-26-17)20-14-6-3-2-5-13(14)19(21)23/h2-11H,1H3.